The zero-order valence-corrected chi connectivity index (χ0v) is 17.0. The van der Waals surface area contributed by atoms with E-state index in [9.17, 15) is 106 Å². The maximum absolute atomic E-state index is 14.1. The molecule has 0 aliphatic rings. The van der Waals surface area contributed by atoms with Crippen LogP contribution in [0.25, 0.3) is 0 Å². The van der Waals surface area contributed by atoms with Gasteiger partial charge >= 0.3 is 53.6 Å². The summed E-state index contributed by atoms with van der Waals surface area (Å²) in [4.78, 5) is 1.88. The van der Waals surface area contributed by atoms with Crippen LogP contribution in [0.4, 0.5) is 106 Å². The highest BCUT2D eigenvalue weighted by Gasteiger charge is 2.97. The van der Waals surface area contributed by atoms with Crippen molar-refractivity contribution in [3.8, 4) is 5.75 Å². The van der Waals surface area contributed by atoms with Gasteiger partial charge in [0, 0.05) is 4.53 Å². The molecule has 1 aromatic rings. The van der Waals surface area contributed by atoms with E-state index >= 15 is 0 Å². The highest BCUT2D eigenvalue weighted by Crippen LogP contribution is 2.66. The van der Waals surface area contributed by atoms with E-state index in [1.165, 1.54) is 0 Å². The van der Waals surface area contributed by atoms with Gasteiger partial charge in [0.05, 0.1) is 0 Å². The summed E-state index contributed by atoms with van der Waals surface area (Å²) in [5.74, 6) is -90.3. The van der Waals surface area contributed by atoms with E-state index in [-0.39, 0.29) is 0 Å². The second-order valence-electron chi connectivity index (χ2n) is 7.13. The van der Waals surface area contributed by atoms with Crippen molar-refractivity contribution in [2.45, 2.75) is 53.6 Å². The maximum atomic E-state index is 14.1. The Kier molecular flexibility index (Phi) is 8.11. The lowest BCUT2D eigenvalue weighted by molar-refractivity contribution is -0.469. The third-order valence-corrected chi connectivity index (χ3v) is 4.73. The minimum Gasteiger partial charge on any atom is -0.290 e. The van der Waals surface area contributed by atoms with Gasteiger partial charge < -0.3 is 0 Å². The van der Waals surface area contributed by atoms with E-state index in [1.807, 2.05) is 4.94 Å². The summed E-state index contributed by atoms with van der Waals surface area (Å²) in [5.41, 5.74) is -4.41. The molecule has 0 atom stereocenters. The molecule has 0 aromatic heterocycles. The Bertz CT molecular complexity index is 1130. The SMILES string of the molecule is FOc1c(F)c(F)c(F)c(F)c1C(F)(F)C(F)(F)C(F)(F)C(F)(F)C(F)(F)C(F)(F)C(F)(F)C(F)(F)C(F)(F)F. The molecule has 0 fully saturated rings. The van der Waals surface area contributed by atoms with Crippen LogP contribution in [-0.2, 0) is 5.92 Å². The number of alkyl halides is 19. The first kappa shape index (κ1) is 35.4. The lowest BCUT2D eigenvalue weighted by Crippen LogP contribution is -2.75. The smallest absolute Gasteiger partial charge is 0.290 e. The fraction of sp³-hybridized carbons (Fsp3) is 0.600. The first-order valence-corrected chi connectivity index (χ1v) is 8.46. The Morgan fingerprint density at radius 3 is 0.925 bits per heavy atom. The number of rotatable bonds is 9. The molecule has 1 aromatic carbocycles. The first-order chi connectivity index (χ1) is 17.2. The van der Waals surface area contributed by atoms with Crippen molar-refractivity contribution in [1.29, 1.82) is 0 Å². The van der Waals surface area contributed by atoms with Crippen LogP contribution in [0.15, 0.2) is 0 Å². The van der Waals surface area contributed by atoms with Crippen molar-refractivity contribution in [3.05, 3.63) is 28.8 Å². The van der Waals surface area contributed by atoms with Crippen molar-refractivity contribution < 1.29 is 110 Å². The van der Waals surface area contributed by atoms with Crippen LogP contribution < -0.4 is 4.94 Å². The average molecular weight is 652 g/mol. The molecule has 0 aliphatic heterocycles. The third-order valence-electron chi connectivity index (χ3n) is 4.73. The summed E-state index contributed by atoms with van der Waals surface area (Å²) in [5, 5.41) is 0. The zero-order chi connectivity index (χ0) is 32.7. The fourth-order valence-electron chi connectivity index (χ4n) is 2.48. The molecule has 40 heavy (non-hydrogen) atoms. The Morgan fingerprint density at radius 2 is 0.625 bits per heavy atom. The maximum Gasteiger partial charge on any atom is 0.460 e. The lowest BCUT2D eigenvalue weighted by Gasteiger charge is -2.43. The van der Waals surface area contributed by atoms with Crippen molar-refractivity contribution in [1.82, 2.24) is 0 Å². The third kappa shape index (κ3) is 4.06. The van der Waals surface area contributed by atoms with Gasteiger partial charge in [0.2, 0.25) is 17.4 Å². The average Bonchev–Trinajstić information content (AvgIpc) is 2.77. The van der Waals surface area contributed by atoms with E-state index < -0.39 is 88.1 Å². The molecule has 0 amide bonds. The van der Waals surface area contributed by atoms with Crippen LogP contribution in [0.3, 0.4) is 0 Å². The van der Waals surface area contributed by atoms with E-state index in [0.717, 1.165) is 0 Å². The van der Waals surface area contributed by atoms with Gasteiger partial charge in [-0.2, -0.15) is 87.8 Å². The van der Waals surface area contributed by atoms with E-state index in [0.29, 0.717) is 0 Å². The highest BCUT2D eigenvalue weighted by molar-refractivity contribution is 5.42. The summed E-state index contributed by atoms with van der Waals surface area (Å²) in [6.45, 7) is 0. The van der Waals surface area contributed by atoms with Gasteiger partial charge in [-0.1, -0.05) is 0 Å². The van der Waals surface area contributed by atoms with Gasteiger partial charge in [-0.25, -0.2) is 13.2 Å². The van der Waals surface area contributed by atoms with Crippen LogP contribution in [-0.4, -0.2) is 47.6 Å². The zero-order valence-electron chi connectivity index (χ0n) is 17.0. The van der Waals surface area contributed by atoms with Crippen molar-refractivity contribution in [2.24, 2.45) is 0 Å². The largest absolute Gasteiger partial charge is 0.460 e. The van der Waals surface area contributed by atoms with Gasteiger partial charge in [0.25, 0.3) is 0 Å². The summed E-state index contributed by atoms with van der Waals surface area (Å²) in [6, 6.07) is 0. The number of halogens is 24. The number of hydrogen-bond donors (Lipinski definition) is 0. The summed E-state index contributed by atoms with van der Waals surface area (Å²) < 4.78 is 318. The molecule has 0 unspecified atom stereocenters. The van der Waals surface area contributed by atoms with Crippen LogP contribution in [0.1, 0.15) is 5.56 Å². The Morgan fingerprint density at radius 1 is 0.350 bits per heavy atom. The first-order valence-electron chi connectivity index (χ1n) is 8.46. The van der Waals surface area contributed by atoms with Crippen LogP contribution in [0.2, 0.25) is 0 Å². The van der Waals surface area contributed by atoms with Gasteiger partial charge in [-0.05, 0) is 0 Å². The number of benzene rings is 1. The highest BCUT2D eigenvalue weighted by atomic mass is 19.4. The molecular formula is C15F24O. The predicted molar refractivity (Wildman–Crippen MR) is 72.6 cm³/mol. The molecule has 1 rings (SSSR count). The molecule has 0 radical (unpaired) electrons. The van der Waals surface area contributed by atoms with E-state index in [4.69, 9.17) is 0 Å². The van der Waals surface area contributed by atoms with E-state index in [1.54, 1.807) is 0 Å². The van der Waals surface area contributed by atoms with Crippen LogP contribution in [0.5, 0.6) is 5.75 Å². The molecular weight excluding hydrogens is 652 g/mol. The summed E-state index contributed by atoms with van der Waals surface area (Å²) in [7, 11) is 0. The topological polar surface area (TPSA) is 9.23 Å². The monoisotopic (exact) mass is 652 g/mol. The minimum absolute atomic E-state index is 1.88. The molecule has 0 saturated carbocycles. The standard InChI is InChI=1S/C15F24O/c16-2-1(6(40-39)5(19)4(18)3(2)17)7(20,21)8(22,23)9(24,25)10(26,27)11(28,29)12(30,31)13(32,33)14(34,35)15(36,37)38. The van der Waals surface area contributed by atoms with Crippen LogP contribution >= 0.6 is 0 Å². The van der Waals surface area contributed by atoms with Gasteiger partial charge in [-0.3, -0.25) is 4.94 Å². The van der Waals surface area contributed by atoms with Crippen molar-refractivity contribution >= 4 is 0 Å². The van der Waals surface area contributed by atoms with E-state index in [2.05, 4.69) is 0 Å². The summed E-state index contributed by atoms with van der Waals surface area (Å²) in [6.07, 6.45) is -8.10. The summed E-state index contributed by atoms with van der Waals surface area (Å²) >= 11 is 0. The molecule has 25 heteroatoms. The normalized spacial score (nSPS) is 15.5. The molecule has 0 saturated heterocycles. The molecule has 1 nitrogen and oxygen atoms in total. The van der Waals surface area contributed by atoms with Crippen molar-refractivity contribution in [2.75, 3.05) is 0 Å². The van der Waals surface area contributed by atoms with Gasteiger partial charge in [0.1, 0.15) is 5.56 Å². The quantitative estimate of drug-likeness (QED) is 0.148. The molecule has 0 N–H and O–H groups in total. The minimum atomic E-state index is -9.33. The second-order valence-corrected chi connectivity index (χ2v) is 7.13. The predicted octanol–water partition coefficient (Wildman–Crippen LogP) is 8.61. The Labute approximate surface area is 200 Å². The molecule has 234 valence electrons. The molecule has 0 heterocycles. The molecule has 0 aliphatic carbocycles. The van der Waals surface area contributed by atoms with Crippen LogP contribution in [0, 0.1) is 23.3 Å². The Balaban J connectivity index is 4.02. The van der Waals surface area contributed by atoms with Gasteiger partial charge in [0.15, 0.2) is 11.6 Å². The lowest BCUT2D eigenvalue weighted by atomic mass is 9.85. The second kappa shape index (κ2) is 9.17. The molecule has 0 bridgehead atoms. The van der Waals surface area contributed by atoms with Crippen molar-refractivity contribution in [3.63, 3.8) is 0 Å². The fourth-order valence-corrected chi connectivity index (χ4v) is 2.48. The number of hydrogen-bond acceptors (Lipinski definition) is 1. The van der Waals surface area contributed by atoms with Gasteiger partial charge in [-0.15, -0.1) is 0 Å². The molecule has 0 spiro atoms. The Hall–Kier alpha value is -2.66.